The molecule has 0 unspecified atom stereocenters. The summed E-state index contributed by atoms with van der Waals surface area (Å²) in [7, 11) is 1.61. The molecule has 1 saturated carbocycles. The van der Waals surface area contributed by atoms with Gasteiger partial charge in [-0.1, -0.05) is 5.10 Å². The van der Waals surface area contributed by atoms with Gasteiger partial charge in [0, 0.05) is 26.1 Å². The highest BCUT2D eigenvalue weighted by molar-refractivity contribution is 5.75. The number of carbonyl (C=O) groups is 1. The molecule has 0 spiro atoms. The second kappa shape index (κ2) is 5.62. The van der Waals surface area contributed by atoms with E-state index in [4.69, 9.17) is 4.42 Å². The molecule has 0 atom stereocenters. The fourth-order valence-corrected chi connectivity index (χ4v) is 1.32. The average Bonchev–Trinajstić information content (AvgIpc) is 3.06. The van der Waals surface area contributed by atoms with Crippen LogP contribution in [0.1, 0.15) is 25.2 Å². The van der Waals surface area contributed by atoms with Gasteiger partial charge in [0.25, 0.3) is 0 Å². The van der Waals surface area contributed by atoms with Crippen LogP contribution in [0.4, 0.5) is 6.01 Å². The van der Waals surface area contributed by atoms with E-state index in [1.54, 1.807) is 7.05 Å². The minimum absolute atomic E-state index is 0.0207. The van der Waals surface area contributed by atoms with E-state index in [1.807, 2.05) is 0 Å². The molecule has 1 aromatic heterocycles. The van der Waals surface area contributed by atoms with Crippen molar-refractivity contribution in [3.8, 4) is 0 Å². The van der Waals surface area contributed by atoms with Gasteiger partial charge in [0.15, 0.2) is 0 Å². The van der Waals surface area contributed by atoms with E-state index in [0.29, 0.717) is 37.5 Å². The number of rotatable bonds is 7. The summed E-state index contributed by atoms with van der Waals surface area (Å²) in [5.41, 5.74) is 0. The third-order valence-corrected chi connectivity index (χ3v) is 2.49. The lowest BCUT2D eigenvalue weighted by atomic mass is 10.4. The van der Waals surface area contributed by atoms with Crippen LogP contribution in [-0.4, -0.2) is 35.7 Å². The zero-order valence-electron chi connectivity index (χ0n) is 9.82. The zero-order chi connectivity index (χ0) is 12.1. The molecule has 0 aliphatic heterocycles. The van der Waals surface area contributed by atoms with E-state index in [9.17, 15) is 4.79 Å². The summed E-state index contributed by atoms with van der Waals surface area (Å²) in [6.45, 7) is 1.09. The molecule has 1 fully saturated rings. The summed E-state index contributed by atoms with van der Waals surface area (Å²) in [5, 5.41) is 16.5. The first-order valence-corrected chi connectivity index (χ1v) is 5.78. The van der Waals surface area contributed by atoms with E-state index in [-0.39, 0.29) is 5.91 Å². The van der Waals surface area contributed by atoms with Crippen LogP contribution in [0.25, 0.3) is 0 Å². The molecule has 0 aromatic carbocycles. The molecule has 2 rings (SSSR count). The van der Waals surface area contributed by atoms with Crippen LogP contribution in [0.3, 0.4) is 0 Å². The van der Waals surface area contributed by atoms with Gasteiger partial charge in [0.2, 0.25) is 11.8 Å². The van der Waals surface area contributed by atoms with Crippen LogP contribution in [0.2, 0.25) is 0 Å². The van der Waals surface area contributed by atoms with Crippen LogP contribution < -0.4 is 16.0 Å². The summed E-state index contributed by atoms with van der Waals surface area (Å²) >= 11 is 0. The fourth-order valence-electron chi connectivity index (χ4n) is 1.32. The lowest BCUT2D eigenvalue weighted by Crippen LogP contribution is -2.20. The van der Waals surface area contributed by atoms with E-state index in [2.05, 4.69) is 26.1 Å². The molecule has 17 heavy (non-hydrogen) atoms. The lowest BCUT2D eigenvalue weighted by molar-refractivity contribution is -0.120. The molecule has 7 heteroatoms. The van der Waals surface area contributed by atoms with Crippen molar-refractivity contribution in [2.75, 3.05) is 18.9 Å². The maximum Gasteiger partial charge on any atom is 0.315 e. The standard InChI is InChI=1S/C10H17N5O2/c1-11-8(16)4-5-12-10-15-14-9(17-10)6-13-7-2-3-7/h7,13H,2-6H2,1H3,(H,11,16)(H,12,15). The van der Waals surface area contributed by atoms with Crippen molar-refractivity contribution in [2.45, 2.75) is 31.8 Å². The summed E-state index contributed by atoms with van der Waals surface area (Å²) in [6.07, 6.45) is 2.84. The molecule has 1 aliphatic carbocycles. The van der Waals surface area contributed by atoms with Gasteiger partial charge >= 0.3 is 6.01 Å². The highest BCUT2D eigenvalue weighted by atomic mass is 16.4. The van der Waals surface area contributed by atoms with Crippen LogP contribution in [-0.2, 0) is 11.3 Å². The molecule has 3 N–H and O–H groups in total. The Morgan fingerprint density at radius 2 is 2.29 bits per heavy atom. The molecule has 1 heterocycles. The predicted octanol–water partition coefficient (Wildman–Crippen LogP) is -0.130. The molecule has 1 aliphatic rings. The Labute approximate surface area is 99.4 Å². The van der Waals surface area contributed by atoms with Crippen molar-refractivity contribution in [3.63, 3.8) is 0 Å². The van der Waals surface area contributed by atoms with Gasteiger partial charge in [0.1, 0.15) is 0 Å². The number of hydrogen-bond acceptors (Lipinski definition) is 6. The molecule has 0 radical (unpaired) electrons. The number of nitrogens with one attached hydrogen (secondary N) is 3. The first kappa shape index (κ1) is 11.8. The number of hydrogen-bond donors (Lipinski definition) is 3. The maximum atomic E-state index is 11.0. The van der Waals surface area contributed by atoms with Gasteiger partial charge in [-0.3, -0.25) is 4.79 Å². The van der Waals surface area contributed by atoms with E-state index in [1.165, 1.54) is 12.8 Å². The largest absolute Gasteiger partial charge is 0.407 e. The van der Waals surface area contributed by atoms with Gasteiger partial charge in [-0.25, -0.2) is 0 Å². The first-order valence-electron chi connectivity index (χ1n) is 5.78. The van der Waals surface area contributed by atoms with Crippen molar-refractivity contribution in [2.24, 2.45) is 0 Å². The van der Waals surface area contributed by atoms with Crippen LogP contribution in [0.5, 0.6) is 0 Å². The monoisotopic (exact) mass is 239 g/mol. The highest BCUT2D eigenvalue weighted by Crippen LogP contribution is 2.19. The SMILES string of the molecule is CNC(=O)CCNc1nnc(CNC2CC2)o1. The van der Waals surface area contributed by atoms with Crippen molar-refractivity contribution in [1.82, 2.24) is 20.8 Å². The van der Waals surface area contributed by atoms with Crippen molar-refractivity contribution in [1.29, 1.82) is 0 Å². The summed E-state index contributed by atoms with van der Waals surface area (Å²) in [5.74, 6) is 0.548. The maximum absolute atomic E-state index is 11.0. The number of carbonyl (C=O) groups excluding carboxylic acids is 1. The van der Waals surface area contributed by atoms with Crippen molar-refractivity contribution >= 4 is 11.9 Å². The molecule has 7 nitrogen and oxygen atoms in total. The van der Waals surface area contributed by atoms with Crippen LogP contribution in [0.15, 0.2) is 4.42 Å². The fraction of sp³-hybridized carbons (Fsp3) is 0.700. The molecular formula is C10H17N5O2. The van der Waals surface area contributed by atoms with E-state index >= 15 is 0 Å². The lowest BCUT2D eigenvalue weighted by Gasteiger charge is -2.00. The van der Waals surface area contributed by atoms with E-state index < -0.39 is 0 Å². The Morgan fingerprint density at radius 1 is 1.47 bits per heavy atom. The van der Waals surface area contributed by atoms with Crippen molar-refractivity contribution < 1.29 is 9.21 Å². The van der Waals surface area contributed by atoms with Gasteiger partial charge in [-0.15, -0.1) is 5.10 Å². The molecular weight excluding hydrogens is 222 g/mol. The Morgan fingerprint density at radius 3 is 3.00 bits per heavy atom. The third kappa shape index (κ3) is 4.03. The smallest absolute Gasteiger partial charge is 0.315 e. The predicted molar refractivity (Wildman–Crippen MR) is 61.3 cm³/mol. The van der Waals surface area contributed by atoms with Gasteiger partial charge in [-0.2, -0.15) is 0 Å². The van der Waals surface area contributed by atoms with Crippen LogP contribution >= 0.6 is 0 Å². The Kier molecular flexibility index (Phi) is 3.92. The second-order valence-electron chi connectivity index (χ2n) is 4.01. The van der Waals surface area contributed by atoms with Crippen molar-refractivity contribution in [3.05, 3.63) is 5.89 Å². The quantitative estimate of drug-likeness (QED) is 0.614. The minimum atomic E-state index is -0.0207. The summed E-state index contributed by atoms with van der Waals surface area (Å²) in [6, 6.07) is 0.980. The Hall–Kier alpha value is -1.63. The summed E-state index contributed by atoms with van der Waals surface area (Å²) in [4.78, 5) is 11.0. The average molecular weight is 239 g/mol. The third-order valence-electron chi connectivity index (χ3n) is 2.49. The number of amides is 1. The second-order valence-corrected chi connectivity index (χ2v) is 4.01. The Balaban J connectivity index is 1.67. The summed E-state index contributed by atoms with van der Waals surface area (Å²) < 4.78 is 5.35. The van der Waals surface area contributed by atoms with E-state index in [0.717, 1.165) is 0 Å². The minimum Gasteiger partial charge on any atom is -0.407 e. The number of nitrogens with zero attached hydrogens (tertiary/aromatic N) is 2. The Bertz CT molecular complexity index is 375. The topological polar surface area (TPSA) is 92.1 Å². The molecule has 1 aromatic rings. The van der Waals surface area contributed by atoms with Gasteiger partial charge < -0.3 is 20.4 Å². The zero-order valence-corrected chi connectivity index (χ0v) is 9.82. The van der Waals surface area contributed by atoms with Gasteiger partial charge in [-0.05, 0) is 12.8 Å². The number of aromatic nitrogens is 2. The van der Waals surface area contributed by atoms with Gasteiger partial charge in [0.05, 0.1) is 6.54 Å². The first-order chi connectivity index (χ1) is 8.28. The highest BCUT2D eigenvalue weighted by Gasteiger charge is 2.21. The molecule has 1 amide bonds. The van der Waals surface area contributed by atoms with Crippen LogP contribution in [0, 0.1) is 0 Å². The number of anilines is 1. The molecule has 0 saturated heterocycles. The molecule has 94 valence electrons. The normalized spacial score (nSPS) is 14.6. The molecule has 0 bridgehead atoms.